The maximum Gasteiger partial charge on any atom is 0.169 e. The number of aliphatic hydroxyl groups excluding tert-OH is 1. The third kappa shape index (κ3) is 1.80. The lowest BCUT2D eigenvalue weighted by atomic mass is 9.95. The predicted molar refractivity (Wildman–Crippen MR) is 52.6 cm³/mol. The van der Waals surface area contributed by atoms with Crippen molar-refractivity contribution in [3.63, 3.8) is 0 Å². The standard InChI is InChI=1S/C9H12BrNO2/c10-9-2-1-8(13-9)7-4-11-3-6(7)5-12/h1-2,6-7,11-12H,3-5H2/t6-,7-/m1/s1. The van der Waals surface area contributed by atoms with Gasteiger partial charge in [0.25, 0.3) is 0 Å². The van der Waals surface area contributed by atoms with Gasteiger partial charge in [-0.15, -0.1) is 0 Å². The first kappa shape index (κ1) is 9.24. The Labute approximate surface area is 85.3 Å². The fraction of sp³-hybridized carbons (Fsp3) is 0.556. The Bertz CT molecular complexity index is 287. The third-order valence-electron chi connectivity index (χ3n) is 2.53. The number of furan rings is 1. The second-order valence-corrected chi connectivity index (χ2v) is 4.13. The SMILES string of the molecule is OC[C@H]1CNC[C@H]1c1ccc(Br)o1. The van der Waals surface area contributed by atoms with Crippen LogP contribution >= 0.6 is 15.9 Å². The number of halogens is 1. The van der Waals surface area contributed by atoms with Gasteiger partial charge in [-0.2, -0.15) is 0 Å². The van der Waals surface area contributed by atoms with E-state index in [4.69, 9.17) is 9.52 Å². The highest BCUT2D eigenvalue weighted by molar-refractivity contribution is 9.10. The molecule has 1 saturated heterocycles. The highest BCUT2D eigenvalue weighted by Crippen LogP contribution is 2.30. The number of rotatable bonds is 2. The molecule has 0 unspecified atom stereocenters. The first-order chi connectivity index (χ1) is 6.31. The second-order valence-electron chi connectivity index (χ2n) is 3.35. The molecule has 0 aliphatic carbocycles. The summed E-state index contributed by atoms with van der Waals surface area (Å²) in [6, 6.07) is 3.85. The van der Waals surface area contributed by atoms with E-state index in [-0.39, 0.29) is 12.5 Å². The van der Waals surface area contributed by atoms with Gasteiger partial charge in [-0.25, -0.2) is 0 Å². The summed E-state index contributed by atoms with van der Waals surface area (Å²) in [5, 5.41) is 12.4. The van der Waals surface area contributed by atoms with E-state index in [1.807, 2.05) is 12.1 Å². The van der Waals surface area contributed by atoms with E-state index in [9.17, 15) is 0 Å². The van der Waals surface area contributed by atoms with Crippen LogP contribution in [0.4, 0.5) is 0 Å². The van der Waals surface area contributed by atoms with Crippen LogP contribution in [-0.2, 0) is 0 Å². The summed E-state index contributed by atoms with van der Waals surface area (Å²) in [5.74, 6) is 1.56. The van der Waals surface area contributed by atoms with E-state index in [0.29, 0.717) is 5.92 Å². The van der Waals surface area contributed by atoms with Crippen molar-refractivity contribution in [2.75, 3.05) is 19.7 Å². The smallest absolute Gasteiger partial charge is 0.169 e. The lowest BCUT2D eigenvalue weighted by Crippen LogP contribution is -2.14. The van der Waals surface area contributed by atoms with Crippen molar-refractivity contribution in [3.8, 4) is 0 Å². The van der Waals surface area contributed by atoms with Gasteiger partial charge in [0.15, 0.2) is 4.67 Å². The quantitative estimate of drug-likeness (QED) is 0.827. The van der Waals surface area contributed by atoms with Crippen LogP contribution in [0, 0.1) is 5.92 Å². The van der Waals surface area contributed by atoms with E-state index < -0.39 is 0 Å². The van der Waals surface area contributed by atoms with Crippen molar-refractivity contribution in [2.24, 2.45) is 5.92 Å². The molecule has 1 aromatic rings. The molecule has 1 aliphatic heterocycles. The molecule has 0 spiro atoms. The monoisotopic (exact) mass is 245 g/mol. The molecule has 4 heteroatoms. The molecule has 72 valence electrons. The van der Waals surface area contributed by atoms with Crippen molar-refractivity contribution in [3.05, 3.63) is 22.6 Å². The fourth-order valence-electron chi connectivity index (χ4n) is 1.79. The molecule has 0 saturated carbocycles. The lowest BCUT2D eigenvalue weighted by Gasteiger charge is -2.12. The maximum atomic E-state index is 9.11. The average Bonchev–Trinajstić information content (AvgIpc) is 2.71. The van der Waals surface area contributed by atoms with Gasteiger partial charge in [0.05, 0.1) is 0 Å². The lowest BCUT2D eigenvalue weighted by molar-refractivity contribution is 0.218. The minimum atomic E-state index is 0.218. The average molecular weight is 246 g/mol. The van der Waals surface area contributed by atoms with Crippen LogP contribution in [0.2, 0.25) is 0 Å². The predicted octanol–water partition coefficient (Wildman–Crippen LogP) is 1.34. The molecule has 1 fully saturated rings. The Hall–Kier alpha value is -0.320. The molecule has 2 heterocycles. The molecule has 0 aromatic carbocycles. The summed E-state index contributed by atoms with van der Waals surface area (Å²) < 4.78 is 6.22. The molecular weight excluding hydrogens is 234 g/mol. The summed E-state index contributed by atoms with van der Waals surface area (Å²) in [6.07, 6.45) is 0. The van der Waals surface area contributed by atoms with Crippen LogP contribution in [0.15, 0.2) is 21.2 Å². The summed E-state index contributed by atoms with van der Waals surface area (Å²) in [5.41, 5.74) is 0. The van der Waals surface area contributed by atoms with Gasteiger partial charge in [0.1, 0.15) is 5.76 Å². The topological polar surface area (TPSA) is 45.4 Å². The molecule has 0 bridgehead atoms. The van der Waals surface area contributed by atoms with Crippen molar-refractivity contribution < 1.29 is 9.52 Å². The zero-order valence-electron chi connectivity index (χ0n) is 7.16. The number of hydrogen-bond acceptors (Lipinski definition) is 3. The van der Waals surface area contributed by atoms with Crippen LogP contribution in [0.1, 0.15) is 11.7 Å². The zero-order chi connectivity index (χ0) is 9.26. The zero-order valence-corrected chi connectivity index (χ0v) is 8.75. The summed E-state index contributed by atoms with van der Waals surface area (Å²) >= 11 is 3.27. The highest BCUT2D eigenvalue weighted by atomic mass is 79.9. The molecule has 3 nitrogen and oxygen atoms in total. The minimum Gasteiger partial charge on any atom is -0.454 e. The van der Waals surface area contributed by atoms with Crippen molar-refractivity contribution >= 4 is 15.9 Å². The first-order valence-corrected chi connectivity index (χ1v) is 5.17. The molecule has 0 radical (unpaired) electrons. The van der Waals surface area contributed by atoms with Crippen LogP contribution in [0.25, 0.3) is 0 Å². The summed E-state index contributed by atoms with van der Waals surface area (Å²) in [6.45, 7) is 1.99. The molecule has 1 aliphatic rings. The molecule has 2 rings (SSSR count). The molecule has 0 amide bonds. The van der Waals surface area contributed by atoms with E-state index >= 15 is 0 Å². The van der Waals surface area contributed by atoms with Crippen LogP contribution < -0.4 is 5.32 Å². The fourth-order valence-corrected chi connectivity index (χ4v) is 2.10. The van der Waals surface area contributed by atoms with Crippen molar-refractivity contribution in [2.45, 2.75) is 5.92 Å². The van der Waals surface area contributed by atoms with Crippen molar-refractivity contribution in [1.82, 2.24) is 5.32 Å². The van der Waals surface area contributed by atoms with Crippen molar-refractivity contribution in [1.29, 1.82) is 0 Å². The Morgan fingerprint density at radius 3 is 3.00 bits per heavy atom. The molecule has 2 atom stereocenters. The Balaban J connectivity index is 2.15. The molecule has 13 heavy (non-hydrogen) atoms. The van der Waals surface area contributed by atoms with Gasteiger partial charge in [-0.1, -0.05) is 0 Å². The third-order valence-corrected chi connectivity index (χ3v) is 2.96. The van der Waals surface area contributed by atoms with E-state index in [1.54, 1.807) is 0 Å². The van der Waals surface area contributed by atoms with Gasteiger partial charge in [-0.3, -0.25) is 0 Å². The Kier molecular flexibility index (Phi) is 2.71. The maximum absolute atomic E-state index is 9.11. The highest BCUT2D eigenvalue weighted by Gasteiger charge is 2.29. The molecule has 2 N–H and O–H groups in total. The van der Waals surface area contributed by atoms with E-state index in [2.05, 4.69) is 21.2 Å². The number of hydrogen-bond donors (Lipinski definition) is 2. The van der Waals surface area contributed by atoms with E-state index in [1.165, 1.54) is 0 Å². The van der Waals surface area contributed by atoms with Crippen LogP contribution in [-0.4, -0.2) is 24.8 Å². The normalized spacial score (nSPS) is 28.2. The second kappa shape index (κ2) is 3.82. The largest absolute Gasteiger partial charge is 0.454 e. The minimum absolute atomic E-state index is 0.218. The van der Waals surface area contributed by atoms with Gasteiger partial charge >= 0.3 is 0 Å². The summed E-state index contributed by atoms with van der Waals surface area (Å²) in [4.78, 5) is 0. The Morgan fingerprint density at radius 2 is 2.38 bits per heavy atom. The number of aliphatic hydroxyl groups is 1. The van der Waals surface area contributed by atoms with Gasteiger partial charge in [0, 0.05) is 31.5 Å². The number of nitrogens with one attached hydrogen (secondary N) is 1. The first-order valence-electron chi connectivity index (χ1n) is 4.38. The molecule has 1 aromatic heterocycles. The van der Waals surface area contributed by atoms with Crippen LogP contribution in [0.5, 0.6) is 0 Å². The van der Waals surface area contributed by atoms with Crippen LogP contribution in [0.3, 0.4) is 0 Å². The summed E-state index contributed by atoms with van der Waals surface area (Å²) in [7, 11) is 0. The Morgan fingerprint density at radius 1 is 1.54 bits per heavy atom. The van der Waals surface area contributed by atoms with Gasteiger partial charge in [-0.05, 0) is 28.1 Å². The molecular formula is C9H12BrNO2. The van der Waals surface area contributed by atoms with Gasteiger partial charge < -0.3 is 14.8 Å². The van der Waals surface area contributed by atoms with E-state index in [0.717, 1.165) is 23.5 Å². The van der Waals surface area contributed by atoms with Gasteiger partial charge in [0.2, 0.25) is 0 Å².